The largest absolute Gasteiger partial charge is 0.481 e. The van der Waals surface area contributed by atoms with E-state index in [-0.39, 0.29) is 0 Å². The van der Waals surface area contributed by atoms with Gasteiger partial charge in [-0.1, -0.05) is 42.5 Å². The Balaban J connectivity index is 1.58. The van der Waals surface area contributed by atoms with Gasteiger partial charge in [0, 0.05) is 6.42 Å². The van der Waals surface area contributed by atoms with Gasteiger partial charge in [0.2, 0.25) is 0 Å². The van der Waals surface area contributed by atoms with Crippen LogP contribution < -0.4 is 0 Å². The molecule has 2 nitrogen and oxygen atoms in total. The second-order valence-electron chi connectivity index (χ2n) is 5.09. The molecule has 1 aromatic carbocycles. The summed E-state index contributed by atoms with van der Waals surface area (Å²) in [6.07, 6.45) is 9.09. The number of carbonyl (C=O) groups is 1. The second kappa shape index (κ2) is 6.39. The van der Waals surface area contributed by atoms with E-state index in [4.69, 9.17) is 5.11 Å². The SMILES string of the molecule is O=C(O)CC1CC1C/C=C\CCc1ccccc1. The van der Waals surface area contributed by atoms with E-state index in [0.29, 0.717) is 18.3 Å². The Morgan fingerprint density at radius 1 is 1.22 bits per heavy atom. The van der Waals surface area contributed by atoms with Gasteiger partial charge in [0.25, 0.3) is 0 Å². The molecule has 2 rings (SSSR count). The van der Waals surface area contributed by atoms with Crippen LogP contribution >= 0.6 is 0 Å². The van der Waals surface area contributed by atoms with Crippen LogP contribution in [0.2, 0.25) is 0 Å². The third-order valence-electron chi connectivity index (χ3n) is 3.55. The van der Waals surface area contributed by atoms with Crippen molar-refractivity contribution in [3.05, 3.63) is 48.0 Å². The topological polar surface area (TPSA) is 37.3 Å². The molecule has 0 bridgehead atoms. The Morgan fingerprint density at radius 2 is 2.00 bits per heavy atom. The fourth-order valence-electron chi connectivity index (χ4n) is 2.36. The van der Waals surface area contributed by atoms with E-state index in [9.17, 15) is 4.79 Å². The molecule has 2 heteroatoms. The lowest BCUT2D eigenvalue weighted by Crippen LogP contribution is -1.96. The van der Waals surface area contributed by atoms with Crippen LogP contribution in [0.15, 0.2) is 42.5 Å². The first-order valence-electron chi connectivity index (χ1n) is 6.66. The summed E-state index contributed by atoms with van der Waals surface area (Å²) in [5.41, 5.74) is 1.37. The smallest absolute Gasteiger partial charge is 0.303 e. The summed E-state index contributed by atoms with van der Waals surface area (Å²) in [5, 5.41) is 8.66. The first kappa shape index (κ1) is 12.9. The third kappa shape index (κ3) is 4.36. The van der Waals surface area contributed by atoms with Crippen molar-refractivity contribution in [2.45, 2.75) is 32.1 Å². The normalized spacial score (nSPS) is 22.2. The van der Waals surface area contributed by atoms with Gasteiger partial charge in [0.05, 0.1) is 0 Å². The lowest BCUT2D eigenvalue weighted by Gasteiger charge is -1.96. The maximum absolute atomic E-state index is 10.5. The summed E-state index contributed by atoms with van der Waals surface area (Å²) in [5.74, 6) is 0.394. The summed E-state index contributed by atoms with van der Waals surface area (Å²) in [4.78, 5) is 10.5. The molecule has 0 aromatic heterocycles. The van der Waals surface area contributed by atoms with Crippen molar-refractivity contribution in [2.24, 2.45) is 11.8 Å². The molecule has 18 heavy (non-hydrogen) atoms. The number of carboxylic acids is 1. The number of carboxylic acid groups (broad SMARTS) is 1. The van der Waals surface area contributed by atoms with Gasteiger partial charge < -0.3 is 5.11 Å². The van der Waals surface area contributed by atoms with Crippen molar-refractivity contribution in [1.29, 1.82) is 0 Å². The summed E-state index contributed by atoms with van der Waals surface area (Å²) >= 11 is 0. The minimum Gasteiger partial charge on any atom is -0.481 e. The molecule has 2 unspecified atom stereocenters. The summed E-state index contributed by atoms with van der Waals surface area (Å²) < 4.78 is 0. The van der Waals surface area contributed by atoms with Gasteiger partial charge >= 0.3 is 5.97 Å². The molecule has 1 N–H and O–H groups in total. The van der Waals surface area contributed by atoms with Crippen LogP contribution in [0.25, 0.3) is 0 Å². The first-order valence-corrected chi connectivity index (χ1v) is 6.66. The summed E-state index contributed by atoms with van der Waals surface area (Å²) in [7, 11) is 0. The predicted molar refractivity (Wildman–Crippen MR) is 72.4 cm³/mol. The maximum Gasteiger partial charge on any atom is 0.303 e. The second-order valence-corrected chi connectivity index (χ2v) is 5.09. The van der Waals surface area contributed by atoms with Crippen LogP contribution in [0.4, 0.5) is 0 Å². The average Bonchev–Trinajstić information content (AvgIpc) is 3.07. The van der Waals surface area contributed by atoms with Gasteiger partial charge in [0.1, 0.15) is 0 Å². The zero-order valence-corrected chi connectivity index (χ0v) is 10.6. The van der Waals surface area contributed by atoms with Gasteiger partial charge in [-0.2, -0.15) is 0 Å². The van der Waals surface area contributed by atoms with Crippen LogP contribution in [-0.4, -0.2) is 11.1 Å². The molecule has 0 saturated heterocycles. The van der Waals surface area contributed by atoms with Crippen molar-refractivity contribution in [3.63, 3.8) is 0 Å². The van der Waals surface area contributed by atoms with E-state index < -0.39 is 5.97 Å². The zero-order chi connectivity index (χ0) is 12.8. The van der Waals surface area contributed by atoms with Crippen molar-refractivity contribution >= 4 is 5.97 Å². The molecule has 0 heterocycles. The molecule has 0 radical (unpaired) electrons. The van der Waals surface area contributed by atoms with Crippen LogP contribution in [0.1, 0.15) is 31.2 Å². The van der Waals surface area contributed by atoms with E-state index in [1.807, 2.05) is 6.07 Å². The van der Waals surface area contributed by atoms with E-state index >= 15 is 0 Å². The molecule has 0 spiro atoms. The van der Waals surface area contributed by atoms with Crippen molar-refractivity contribution in [1.82, 2.24) is 0 Å². The Bertz CT molecular complexity index is 408. The van der Waals surface area contributed by atoms with Crippen molar-refractivity contribution in [3.8, 4) is 0 Å². The Hall–Kier alpha value is -1.57. The minimum absolute atomic E-state index is 0.350. The van der Waals surface area contributed by atoms with E-state index in [1.165, 1.54) is 5.56 Å². The summed E-state index contributed by atoms with van der Waals surface area (Å²) in [6, 6.07) is 10.5. The molecule has 1 saturated carbocycles. The lowest BCUT2D eigenvalue weighted by atomic mass is 10.1. The lowest BCUT2D eigenvalue weighted by molar-refractivity contribution is -0.137. The number of rotatable bonds is 7. The third-order valence-corrected chi connectivity index (χ3v) is 3.55. The van der Waals surface area contributed by atoms with Gasteiger partial charge in [-0.3, -0.25) is 4.79 Å². The molecule has 96 valence electrons. The molecule has 2 atom stereocenters. The van der Waals surface area contributed by atoms with Gasteiger partial charge in [0.15, 0.2) is 0 Å². The minimum atomic E-state index is -0.657. The first-order chi connectivity index (χ1) is 8.75. The van der Waals surface area contributed by atoms with E-state index in [0.717, 1.165) is 25.7 Å². The van der Waals surface area contributed by atoms with Crippen LogP contribution in [0, 0.1) is 11.8 Å². The van der Waals surface area contributed by atoms with Gasteiger partial charge in [-0.15, -0.1) is 0 Å². The van der Waals surface area contributed by atoms with Gasteiger partial charge in [-0.25, -0.2) is 0 Å². The molecular formula is C16H20O2. The van der Waals surface area contributed by atoms with Crippen molar-refractivity contribution in [2.75, 3.05) is 0 Å². The average molecular weight is 244 g/mol. The fraction of sp³-hybridized carbons (Fsp3) is 0.438. The number of hydrogen-bond acceptors (Lipinski definition) is 1. The van der Waals surface area contributed by atoms with Gasteiger partial charge in [-0.05, 0) is 43.1 Å². The molecule has 1 aliphatic carbocycles. The standard InChI is InChI=1S/C16H20O2/c17-16(18)12-15-11-14(15)10-6-2-5-9-13-7-3-1-4-8-13/h1-4,6-8,14-15H,5,9-12H2,(H,17,18)/b6-2-. The molecule has 1 aliphatic rings. The monoisotopic (exact) mass is 244 g/mol. The highest BCUT2D eigenvalue weighted by atomic mass is 16.4. The predicted octanol–water partition coefficient (Wildman–Crippen LogP) is 3.68. The van der Waals surface area contributed by atoms with Crippen LogP contribution in [0.3, 0.4) is 0 Å². The Labute approximate surface area is 108 Å². The summed E-state index contributed by atoms with van der Waals surface area (Å²) in [6.45, 7) is 0. The maximum atomic E-state index is 10.5. The molecule has 0 amide bonds. The molecule has 1 fully saturated rings. The van der Waals surface area contributed by atoms with E-state index in [1.54, 1.807) is 0 Å². The molecular weight excluding hydrogens is 224 g/mol. The number of aryl methyl sites for hydroxylation is 1. The van der Waals surface area contributed by atoms with Crippen LogP contribution in [-0.2, 0) is 11.2 Å². The highest BCUT2D eigenvalue weighted by Crippen LogP contribution is 2.43. The highest BCUT2D eigenvalue weighted by molar-refractivity contribution is 5.67. The van der Waals surface area contributed by atoms with Crippen molar-refractivity contribution < 1.29 is 9.90 Å². The number of benzene rings is 1. The zero-order valence-electron chi connectivity index (χ0n) is 10.6. The Kier molecular flexibility index (Phi) is 4.57. The van der Waals surface area contributed by atoms with E-state index in [2.05, 4.69) is 36.4 Å². The number of allylic oxidation sites excluding steroid dienone is 2. The quantitative estimate of drug-likeness (QED) is 0.743. The fourth-order valence-corrected chi connectivity index (χ4v) is 2.36. The molecule has 1 aromatic rings. The molecule has 0 aliphatic heterocycles. The number of hydrogen-bond donors (Lipinski definition) is 1. The van der Waals surface area contributed by atoms with Crippen LogP contribution in [0.5, 0.6) is 0 Å². The Morgan fingerprint density at radius 3 is 2.72 bits per heavy atom. The number of aliphatic carboxylic acids is 1. The highest BCUT2D eigenvalue weighted by Gasteiger charge is 2.37.